The molecule has 114 valence electrons. The summed E-state index contributed by atoms with van der Waals surface area (Å²) in [5.74, 6) is 7.35. The van der Waals surface area contributed by atoms with Crippen molar-refractivity contribution in [2.45, 2.75) is 19.3 Å². The molecular formula is C13H22N8. The van der Waals surface area contributed by atoms with E-state index in [-0.39, 0.29) is 0 Å². The van der Waals surface area contributed by atoms with E-state index in [2.05, 4.69) is 42.9 Å². The van der Waals surface area contributed by atoms with Crippen LogP contribution in [0.4, 0.5) is 11.8 Å². The van der Waals surface area contributed by atoms with Gasteiger partial charge in [-0.1, -0.05) is 0 Å². The first-order valence-electron chi connectivity index (χ1n) is 7.36. The summed E-state index contributed by atoms with van der Waals surface area (Å²) in [6.07, 6.45) is 5.44. The quantitative estimate of drug-likeness (QED) is 0.476. The standard InChI is InChI=1S/C13H22N8/c1-21-6-3-9(4-7-21)2-5-15-11-10-8-16-20-12(10)18-13(17-11)19-14/h8-9H,2-7,14H2,1H3,(H3,15,16,17,18,19,20). The minimum Gasteiger partial charge on any atom is -0.369 e. The highest BCUT2D eigenvalue weighted by Crippen LogP contribution is 2.22. The second kappa shape index (κ2) is 6.23. The molecule has 0 unspecified atom stereocenters. The van der Waals surface area contributed by atoms with Crippen LogP contribution >= 0.6 is 0 Å². The van der Waals surface area contributed by atoms with Gasteiger partial charge in [-0.15, -0.1) is 0 Å². The van der Waals surface area contributed by atoms with Crippen molar-refractivity contribution in [3.05, 3.63) is 6.20 Å². The van der Waals surface area contributed by atoms with Crippen molar-refractivity contribution >= 4 is 22.8 Å². The maximum Gasteiger partial charge on any atom is 0.241 e. The number of aromatic amines is 1. The highest BCUT2D eigenvalue weighted by molar-refractivity contribution is 5.86. The predicted molar refractivity (Wildman–Crippen MR) is 82.8 cm³/mol. The van der Waals surface area contributed by atoms with Crippen LogP contribution in [0.15, 0.2) is 6.20 Å². The lowest BCUT2D eigenvalue weighted by atomic mass is 9.94. The second-order valence-electron chi connectivity index (χ2n) is 5.63. The number of hydrazine groups is 1. The molecule has 1 fully saturated rings. The fourth-order valence-electron chi connectivity index (χ4n) is 2.78. The molecule has 0 radical (unpaired) electrons. The average Bonchev–Trinajstić information content (AvgIpc) is 2.97. The number of rotatable bonds is 5. The van der Waals surface area contributed by atoms with Gasteiger partial charge in [0.05, 0.1) is 11.6 Å². The van der Waals surface area contributed by atoms with E-state index < -0.39 is 0 Å². The van der Waals surface area contributed by atoms with E-state index in [1.165, 1.54) is 25.9 Å². The van der Waals surface area contributed by atoms with E-state index in [0.29, 0.717) is 11.6 Å². The van der Waals surface area contributed by atoms with Crippen molar-refractivity contribution < 1.29 is 0 Å². The summed E-state index contributed by atoms with van der Waals surface area (Å²) < 4.78 is 0. The summed E-state index contributed by atoms with van der Waals surface area (Å²) in [6.45, 7) is 3.30. The summed E-state index contributed by atoms with van der Waals surface area (Å²) in [4.78, 5) is 11.0. The molecule has 0 bridgehead atoms. The normalized spacial score (nSPS) is 17.2. The predicted octanol–water partition coefficient (Wildman–Crippen LogP) is 0.782. The molecule has 5 N–H and O–H groups in total. The number of aromatic nitrogens is 4. The molecule has 0 amide bonds. The second-order valence-corrected chi connectivity index (χ2v) is 5.63. The molecule has 1 saturated heterocycles. The Morgan fingerprint density at radius 3 is 2.95 bits per heavy atom. The van der Waals surface area contributed by atoms with Gasteiger partial charge in [0.15, 0.2) is 5.65 Å². The van der Waals surface area contributed by atoms with Crippen molar-refractivity contribution in [3.63, 3.8) is 0 Å². The van der Waals surface area contributed by atoms with Gasteiger partial charge in [0.2, 0.25) is 5.95 Å². The number of likely N-dealkylation sites (tertiary alicyclic amines) is 1. The number of nitrogens with zero attached hydrogens (tertiary/aromatic N) is 4. The maximum absolute atomic E-state index is 5.40. The molecule has 2 aromatic heterocycles. The molecule has 3 heterocycles. The van der Waals surface area contributed by atoms with Gasteiger partial charge in [-0.2, -0.15) is 15.1 Å². The third kappa shape index (κ3) is 3.22. The molecule has 1 aliphatic rings. The summed E-state index contributed by atoms with van der Waals surface area (Å²) in [5.41, 5.74) is 3.16. The van der Waals surface area contributed by atoms with Crippen molar-refractivity contribution in [3.8, 4) is 0 Å². The molecule has 0 aliphatic carbocycles. The van der Waals surface area contributed by atoms with Crippen LogP contribution < -0.4 is 16.6 Å². The number of anilines is 2. The van der Waals surface area contributed by atoms with Gasteiger partial charge in [0.1, 0.15) is 5.82 Å². The molecule has 0 aromatic carbocycles. The van der Waals surface area contributed by atoms with Crippen molar-refractivity contribution in [2.75, 3.05) is 37.4 Å². The van der Waals surface area contributed by atoms with Crippen LogP contribution in [0.3, 0.4) is 0 Å². The first-order chi connectivity index (χ1) is 10.3. The molecule has 8 nitrogen and oxygen atoms in total. The zero-order chi connectivity index (χ0) is 14.7. The number of nitrogens with two attached hydrogens (primary N) is 1. The largest absolute Gasteiger partial charge is 0.369 e. The van der Waals surface area contributed by atoms with Crippen LogP contribution in [0.2, 0.25) is 0 Å². The van der Waals surface area contributed by atoms with E-state index in [0.717, 1.165) is 30.1 Å². The monoisotopic (exact) mass is 290 g/mol. The van der Waals surface area contributed by atoms with Crippen LogP contribution in [0.1, 0.15) is 19.3 Å². The number of nitrogens with one attached hydrogen (secondary N) is 3. The summed E-state index contributed by atoms with van der Waals surface area (Å²) in [5, 5.41) is 11.1. The van der Waals surface area contributed by atoms with Gasteiger partial charge in [0.25, 0.3) is 0 Å². The molecular weight excluding hydrogens is 268 g/mol. The Bertz CT molecular complexity index is 587. The van der Waals surface area contributed by atoms with Gasteiger partial charge in [-0.25, -0.2) is 5.84 Å². The number of H-pyrrole nitrogens is 1. The lowest BCUT2D eigenvalue weighted by Crippen LogP contribution is -2.30. The van der Waals surface area contributed by atoms with E-state index in [1.807, 2.05) is 0 Å². The van der Waals surface area contributed by atoms with E-state index >= 15 is 0 Å². The topological polar surface area (TPSA) is 108 Å². The van der Waals surface area contributed by atoms with Gasteiger partial charge in [0, 0.05) is 6.54 Å². The van der Waals surface area contributed by atoms with Crippen LogP contribution in [0.25, 0.3) is 11.0 Å². The summed E-state index contributed by atoms with van der Waals surface area (Å²) in [7, 11) is 2.19. The van der Waals surface area contributed by atoms with Crippen molar-refractivity contribution in [1.82, 2.24) is 25.1 Å². The third-order valence-corrected chi connectivity index (χ3v) is 4.12. The highest BCUT2D eigenvalue weighted by atomic mass is 15.3. The third-order valence-electron chi connectivity index (χ3n) is 4.12. The van der Waals surface area contributed by atoms with Crippen LogP contribution in [-0.4, -0.2) is 51.7 Å². The summed E-state index contributed by atoms with van der Waals surface area (Å²) >= 11 is 0. The van der Waals surface area contributed by atoms with E-state index in [1.54, 1.807) is 6.20 Å². The maximum atomic E-state index is 5.40. The number of hydrogen-bond donors (Lipinski definition) is 4. The van der Waals surface area contributed by atoms with Crippen molar-refractivity contribution in [1.29, 1.82) is 0 Å². The Balaban J connectivity index is 1.61. The Morgan fingerprint density at radius 1 is 1.38 bits per heavy atom. The molecule has 1 aliphatic heterocycles. The molecule has 21 heavy (non-hydrogen) atoms. The zero-order valence-corrected chi connectivity index (χ0v) is 12.3. The molecule has 8 heteroatoms. The number of hydrogen-bond acceptors (Lipinski definition) is 7. The van der Waals surface area contributed by atoms with E-state index in [4.69, 9.17) is 5.84 Å². The fourth-order valence-corrected chi connectivity index (χ4v) is 2.78. The Morgan fingerprint density at radius 2 is 2.19 bits per heavy atom. The molecule has 0 spiro atoms. The van der Waals surface area contributed by atoms with Crippen LogP contribution in [0, 0.1) is 5.92 Å². The molecule has 3 rings (SSSR count). The lowest BCUT2D eigenvalue weighted by molar-refractivity contribution is 0.215. The van der Waals surface area contributed by atoms with Gasteiger partial charge < -0.3 is 10.2 Å². The molecule has 0 atom stereocenters. The first kappa shape index (κ1) is 14.0. The smallest absolute Gasteiger partial charge is 0.241 e. The SMILES string of the molecule is CN1CCC(CCNc2nc(NN)nc3[nH]ncc23)CC1. The zero-order valence-electron chi connectivity index (χ0n) is 12.3. The van der Waals surface area contributed by atoms with Gasteiger partial charge in [-0.05, 0) is 45.3 Å². The highest BCUT2D eigenvalue weighted by Gasteiger charge is 2.16. The Hall–Kier alpha value is -1.93. The first-order valence-corrected chi connectivity index (χ1v) is 7.36. The fraction of sp³-hybridized carbons (Fsp3) is 0.615. The number of fused-ring (bicyclic) bond motifs is 1. The van der Waals surface area contributed by atoms with Gasteiger partial charge >= 0.3 is 0 Å². The lowest BCUT2D eigenvalue weighted by Gasteiger charge is -2.28. The minimum absolute atomic E-state index is 0.383. The molecule has 0 saturated carbocycles. The van der Waals surface area contributed by atoms with Crippen LogP contribution in [0.5, 0.6) is 0 Å². The molecule has 2 aromatic rings. The average molecular weight is 290 g/mol. The summed E-state index contributed by atoms with van der Waals surface area (Å²) in [6, 6.07) is 0. The minimum atomic E-state index is 0.383. The number of piperidine rings is 1. The Kier molecular flexibility index (Phi) is 4.16. The van der Waals surface area contributed by atoms with Crippen LogP contribution in [-0.2, 0) is 0 Å². The Labute approximate surface area is 123 Å². The van der Waals surface area contributed by atoms with Gasteiger partial charge in [-0.3, -0.25) is 10.5 Å². The van der Waals surface area contributed by atoms with E-state index in [9.17, 15) is 0 Å². The van der Waals surface area contributed by atoms with Crippen molar-refractivity contribution in [2.24, 2.45) is 11.8 Å². The number of nitrogen functional groups attached to an aromatic ring is 1.